The lowest BCUT2D eigenvalue weighted by molar-refractivity contribution is -0.317. The molecule has 0 saturated heterocycles. The van der Waals surface area contributed by atoms with Gasteiger partial charge in [0.15, 0.2) is 0 Å². The molecule has 1 fully saturated rings. The van der Waals surface area contributed by atoms with Crippen molar-refractivity contribution in [2.75, 3.05) is 6.61 Å². The topological polar surface area (TPSA) is 66.4 Å². The van der Waals surface area contributed by atoms with Gasteiger partial charge in [0.25, 0.3) is 0 Å². The van der Waals surface area contributed by atoms with Crippen LogP contribution in [-0.2, 0) is 14.3 Å². The van der Waals surface area contributed by atoms with Crippen LogP contribution in [0.3, 0.4) is 0 Å². The van der Waals surface area contributed by atoms with E-state index in [0.29, 0.717) is 0 Å². The zero-order valence-electron chi connectivity index (χ0n) is 13.7. The number of hydrogen-bond donors (Lipinski definition) is 0. The van der Waals surface area contributed by atoms with Crippen molar-refractivity contribution in [1.29, 1.82) is 0 Å². The summed E-state index contributed by atoms with van der Waals surface area (Å²) in [5.74, 6) is -3.81. The summed E-state index contributed by atoms with van der Waals surface area (Å²) in [5, 5.41) is 11.9. The molecule has 25 heavy (non-hydrogen) atoms. The fourth-order valence-electron chi connectivity index (χ4n) is 3.75. The number of hydrogen-bond acceptors (Lipinski definition) is 4. The van der Waals surface area contributed by atoms with Crippen molar-refractivity contribution >= 4 is 11.9 Å². The summed E-state index contributed by atoms with van der Waals surface area (Å²) in [5.41, 5.74) is 1.62. The second-order valence-corrected chi connectivity index (χ2v) is 6.16. The number of carboxylic acid groups (broad SMARTS) is 1. The first-order chi connectivity index (χ1) is 12.1. The van der Waals surface area contributed by atoms with Crippen LogP contribution in [0.1, 0.15) is 23.0 Å². The molecule has 2 atom stereocenters. The van der Waals surface area contributed by atoms with Crippen LogP contribution < -0.4 is 5.11 Å². The van der Waals surface area contributed by atoms with Crippen molar-refractivity contribution in [2.24, 2.45) is 11.8 Å². The average Bonchev–Trinajstić information content (AvgIpc) is 2.60. The minimum Gasteiger partial charge on any atom is -0.550 e. The minimum absolute atomic E-state index is 0.105. The van der Waals surface area contributed by atoms with Gasteiger partial charge in [-0.05, 0) is 11.1 Å². The maximum Gasteiger partial charge on any atom is 0.310 e. The quantitative estimate of drug-likeness (QED) is 0.600. The summed E-state index contributed by atoms with van der Waals surface area (Å²) in [6.07, 6.45) is 1.50. The van der Waals surface area contributed by atoms with Gasteiger partial charge in [-0.3, -0.25) is 4.79 Å². The molecule has 0 amide bonds. The highest BCUT2D eigenvalue weighted by molar-refractivity contribution is 5.83. The van der Waals surface area contributed by atoms with E-state index in [2.05, 4.69) is 6.58 Å². The Morgan fingerprint density at radius 3 is 1.80 bits per heavy atom. The van der Waals surface area contributed by atoms with Crippen molar-refractivity contribution in [2.45, 2.75) is 11.8 Å². The summed E-state index contributed by atoms with van der Waals surface area (Å²) in [6, 6.07) is 18.4. The Bertz CT molecular complexity index is 706. The van der Waals surface area contributed by atoms with Crippen LogP contribution >= 0.6 is 0 Å². The maximum atomic E-state index is 12.6. The monoisotopic (exact) mass is 335 g/mol. The summed E-state index contributed by atoms with van der Waals surface area (Å²) in [6.45, 7) is 3.66. The molecule has 4 nitrogen and oxygen atoms in total. The van der Waals surface area contributed by atoms with Gasteiger partial charge in [-0.2, -0.15) is 0 Å². The van der Waals surface area contributed by atoms with Gasteiger partial charge < -0.3 is 14.6 Å². The molecule has 1 saturated carbocycles. The van der Waals surface area contributed by atoms with E-state index in [1.165, 1.54) is 6.08 Å². The van der Waals surface area contributed by atoms with Crippen molar-refractivity contribution in [1.82, 2.24) is 0 Å². The summed E-state index contributed by atoms with van der Waals surface area (Å²) < 4.78 is 5.26. The van der Waals surface area contributed by atoms with Gasteiger partial charge in [0.2, 0.25) is 0 Å². The predicted octanol–water partition coefficient (Wildman–Crippen LogP) is 2.28. The Kier molecular flexibility index (Phi) is 4.98. The van der Waals surface area contributed by atoms with Crippen LogP contribution in [0.15, 0.2) is 73.3 Å². The van der Waals surface area contributed by atoms with Crippen LogP contribution in [0.25, 0.3) is 0 Å². The third-order valence-electron chi connectivity index (χ3n) is 4.80. The molecule has 0 aromatic heterocycles. The highest BCUT2D eigenvalue weighted by Crippen LogP contribution is 2.57. The maximum absolute atomic E-state index is 12.6. The third kappa shape index (κ3) is 3.20. The largest absolute Gasteiger partial charge is 0.550 e. The van der Waals surface area contributed by atoms with E-state index < -0.39 is 35.6 Å². The number of carbonyl (C=O) groups excluding carboxylic acids is 2. The lowest BCUT2D eigenvalue weighted by atomic mass is 9.52. The molecule has 0 heterocycles. The van der Waals surface area contributed by atoms with Crippen molar-refractivity contribution in [3.05, 3.63) is 84.4 Å². The molecule has 1 aliphatic rings. The first-order valence-corrected chi connectivity index (χ1v) is 8.23. The van der Waals surface area contributed by atoms with Gasteiger partial charge in [-0.25, -0.2) is 0 Å². The number of rotatable bonds is 6. The first kappa shape index (κ1) is 17.0. The Morgan fingerprint density at radius 2 is 1.40 bits per heavy atom. The SMILES string of the molecule is C=CCOC(=O)C1[C@H](c2ccccc2)C(C(=O)[O-])[C@H]1c1ccccc1. The molecule has 0 radical (unpaired) electrons. The van der Waals surface area contributed by atoms with Crippen molar-refractivity contribution in [3.63, 3.8) is 0 Å². The standard InChI is InChI=1S/C21H20O4/c1-2-13-25-21(24)19-16(14-9-5-3-6-10-14)18(20(22)23)17(19)15-11-7-4-8-12-15/h2-12,16-19H,1,13H2,(H,22,23)/p-1/t16-,17-,18?,19?/m1/s1. The zero-order chi connectivity index (χ0) is 17.8. The average molecular weight is 335 g/mol. The third-order valence-corrected chi connectivity index (χ3v) is 4.80. The predicted molar refractivity (Wildman–Crippen MR) is 91.5 cm³/mol. The van der Waals surface area contributed by atoms with Crippen molar-refractivity contribution in [3.8, 4) is 0 Å². The van der Waals surface area contributed by atoms with Crippen LogP contribution in [-0.4, -0.2) is 18.5 Å². The lowest BCUT2D eigenvalue weighted by Crippen LogP contribution is -2.55. The molecule has 0 unspecified atom stereocenters. The highest BCUT2D eigenvalue weighted by atomic mass is 16.5. The number of carboxylic acids is 1. The van der Waals surface area contributed by atoms with E-state index in [9.17, 15) is 14.7 Å². The Balaban J connectivity index is 2.01. The molecular weight excluding hydrogens is 316 g/mol. The van der Waals surface area contributed by atoms with Gasteiger partial charge >= 0.3 is 5.97 Å². The first-order valence-electron chi connectivity index (χ1n) is 8.23. The van der Waals surface area contributed by atoms with E-state index in [4.69, 9.17) is 4.74 Å². The van der Waals surface area contributed by atoms with Gasteiger partial charge in [0.05, 0.1) is 5.92 Å². The number of ether oxygens (including phenoxy) is 1. The van der Waals surface area contributed by atoms with Crippen LogP contribution in [0, 0.1) is 11.8 Å². The second-order valence-electron chi connectivity index (χ2n) is 6.16. The van der Waals surface area contributed by atoms with Crippen LogP contribution in [0.2, 0.25) is 0 Å². The summed E-state index contributed by atoms with van der Waals surface area (Å²) in [4.78, 5) is 24.5. The van der Waals surface area contributed by atoms with E-state index in [0.717, 1.165) is 11.1 Å². The lowest BCUT2D eigenvalue weighted by Gasteiger charge is -2.51. The van der Waals surface area contributed by atoms with Gasteiger partial charge in [-0.1, -0.05) is 73.3 Å². The molecule has 4 heteroatoms. The number of aliphatic carboxylic acids is 1. The van der Waals surface area contributed by atoms with Gasteiger partial charge in [-0.15, -0.1) is 0 Å². The molecule has 0 aliphatic heterocycles. The molecule has 2 aromatic carbocycles. The van der Waals surface area contributed by atoms with E-state index >= 15 is 0 Å². The molecule has 128 valence electrons. The molecule has 2 aromatic rings. The fourth-order valence-corrected chi connectivity index (χ4v) is 3.75. The smallest absolute Gasteiger partial charge is 0.310 e. The highest BCUT2D eigenvalue weighted by Gasteiger charge is 2.56. The van der Waals surface area contributed by atoms with E-state index in [1.54, 1.807) is 0 Å². The fraction of sp³-hybridized carbons (Fsp3) is 0.238. The van der Waals surface area contributed by atoms with Gasteiger partial charge in [0, 0.05) is 23.7 Å². The Morgan fingerprint density at radius 1 is 0.920 bits per heavy atom. The molecule has 3 rings (SSSR count). The van der Waals surface area contributed by atoms with Gasteiger partial charge in [0.1, 0.15) is 6.61 Å². The van der Waals surface area contributed by atoms with E-state index in [1.807, 2.05) is 60.7 Å². The number of esters is 1. The number of carbonyl (C=O) groups is 2. The second kappa shape index (κ2) is 7.34. The molecule has 0 N–H and O–H groups in total. The normalized spacial score (nSPS) is 24.8. The molecule has 0 spiro atoms. The molecule has 1 aliphatic carbocycles. The van der Waals surface area contributed by atoms with Crippen LogP contribution in [0.4, 0.5) is 0 Å². The zero-order valence-corrected chi connectivity index (χ0v) is 13.7. The molecular formula is C21H19O4-. The molecule has 0 bridgehead atoms. The number of benzene rings is 2. The van der Waals surface area contributed by atoms with E-state index in [-0.39, 0.29) is 6.61 Å². The summed E-state index contributed by atoms with van der Waals surface area (Å²) >= 11 is 0. The Hall–Kier alpha value is -2.88. The van der Waals surface area contributed by atoms with Crippen LogP contribution in [0.5, 0.6) is 0 Å². The summed E-state index contributed by atoms with van der Waals surface area (Å²) in [7, 11) is 0. The minimum atomic E-state index is -1.14. The van der Waals surface area contributed by atoms with Crippen molar-refractivity contribution < 1.29 is 19.4 Å². The Labute approximate surface area is 146 Å².